The molecule has 0 aliphatic carbocycles. The van der Waals surface area contributed by atoms with E-state index in [-0.39, 0.29) is 23.2 Å². The highest BCUT2D eigenvalue weighted by Crippen LogP contribution is 2.47. The van der Waals surface area contributed by atoms with Crippen LogP contribution in [-0.2, 0) is 14.3 Å². The Morgan fingerprint density at radius 1 is 1.38 bits per heavy atom. The van der Waals surface area contributed by atoms with Crippen molar-refractivity contribution in [2.24, 2.45) is 0 Å². The normalized spacial score (nSPS) is 25.7. The van der Waals surface area contributed by atoms with Gasteiger partial charge in [-0.15, -0.1) is 11.8 Å². The summed E-state index contributed by atoms with van der Waals surface area (Å²) in [6.45, 7) is 5.52. The summed E-state index contributed by atoms with van der Waals surface area (Å²) >= 11 is 1.61. The highest BCUT2D eigenvalue weighted by molar-refractivity contribution is 8.01. The van der Waals surface area contributed by atoms with Gasteiger partial charge in [0.1, 0.15) is 6.04 Å². The molecular formula is C18H21NO4S. The van der Waals surface area contributed by atoms with Gasteiger partial charge < -0.3 is 9.64 Å². The lowest BCUT2D eigenvalue weighted by atomic mass is 10.0. The minimum absolute atomic E-state index is 0.00912. The molecule has 0 radical (unpaired) electrons. The van der Waals surface area contributed by atoms with Gasteiger partial charge in [-0.1, -0.05) is 23.8 Å². The third-order valence-electron chi connectivity index (χ3n) is 4.74. The molecule has 24 heavy (non-hydrogen) atoms. The molecule has 0 bridgehead atoms. The monoisotopic (exact) mass is 347 g/mol. The van der Waals surface area contributed by atoms with Crippen LogP contribution < -0.4 is 0 Å². The van der Waals surface area contributed by atoms with Gasteiger partial charge in [0.2, 0.25) is 11.7 Å². The second-order valence-corrected chi connectivity index (χ2v) is 8.12. The Balaban J connectivity index is 1.63. The average Bonchev–Trinajstić information content (AvgIpc) is 3.01. The van der Waals surface area contributed by atoms with Gasteiger partial charge in [0, 0.05) is 17.7 Å². The lowest BCUT2D eigenvalue weighted by Gasteiger charge is -2.29. The maximum atomic E-state index is 12.4. The smallest absolute Gasteiger partial charge is 0.330 e. The summed E-state index contributed by atoms with van der Waals surface area (Å²) in [5.74, 6) is -0.189. The molecule has 0 unspecified atom stereocenters. The van der Waals surface area contributed by atoms with E-state index < -0.39 is 12.0 Å². The number of benzene rings is 1. The molecule has 0 N–H and O–H groups in total. The first-order valence-electron chi connectivity index (χ1n) is 8.05. The summed E-state index contributed by atoms with van der Waals surface area (Å²) in [4.78, 5) is 38.0. The van der Waals surface area contributed by atoms with Crippen molar-refractivity contribution in [1.82, 2.24) is 4.90 Å². The van der Waals surface area contributed by atoms with Crippen LogP contribution in [0.5, 0.6) is 0 Å². The Morgan fingerprint density at radius 2 is 2.12 bits per heavy atom. The number of aryl methyl sites for hydroxylation is 2. The molecule has 0 saturated carbocycles. The van der Waals surface area contributed by atoms with Gasteiger partial charge in [-0.3, -0.25) is 9.59 Å². The number of fused-ring (bicyclic) bond motifs is 1. The number of carbonyl (C=O) groups excluding carboxylic acids is 3. The number of nitrogens with zero attached hydrogens (tertiary/aromatic N) is 1. The fraction of sp³-hybridized carbons (Fsp3) is 0.500. The molecule has 2 aliphatic heterocycles. The third-order valence-corrected chi connectivity index (χ3v) is 6.25. The van der Waals surface area contributed by atoms with Crippen LogP contribution in [0.15, 0.2) is 18.2 Å². The van der Waals surface area contributed by atoms with Crippen molar-refractivity contribution in [3.05, 3.63) is 34.9 Å². The lowest BCUT2D eigenvalue weighted by molar-refractivity contribution is -0.152. The molecule has 2 aliphatic rings. The predicted octanol–water partition coefficient (Wildman–Crippen LogP) is 2.48. The van der Waals surface area contributed by atoms with Gasteiger partial charge >= 0.3 is 5.97 Å². The molecule has 0 spiro atoms. The minimum Gasteiger partial charge on any atom is -0.456 e. The topological polar surface area (TPSA) is 63.7 Å². The highest BCUT2D eigenvalue weighted by Gasteiger charge is 2.53. The largest absolute Gasteiger partial charge is 0.456 e. The summed E-state index contributed by atoms with van der Waals surface area (Å²) in [5.41, 5.74) is 2.52. The highest BCUT2D eigenvalue weighted by atomic mass is 32.2. The standard InChI is InChI=1S/C18H21NO4S/c1-11-4-5-13(12(2)8-11)15(20)9-23-17(22)14-10-24-18(3)7-6-16(21)19(14)18/h4-5,8,14H,6-7,9-10H2,1-3H3/t14-,18+/m0/s1. The van der Waals surface area contributed by atoms with E-state index in [2.05, 4.69) is 0 Å². The summed E-state index contributed by atoms with van der Waals surface area (Å²) in [6.07, 6.45) is 1.22. The van der Waals surface area contributed by atoms with E-state index in [4.69, 9.17) is 4.74 Å². The Kier molecular flexibility index (Phi) is 4.42. The van der Waals surface area contributed by atoms with E-state index in [1.54, 1.807) is 22.7 Å². The summed E-state index contributed by atoms with van der Waals surface area (Å²) < 4.78 is 5.23. The second kappa shape index (κ2) is 6.24. The summed E-state index contributed by atoms with van der Waals surface area (Å²) in [6, 6.07) is 4.97. The van der Waals surface area contributed by atoms with E-state index in [9.17, 15) is 14.4 Å². The number of hydrogen-bond acceptors (Lipinski definition) is 5. The molecule has 0 aromatic heterocycles. The van der Waals surface area contributed by atoms with Crippen molar-refractivity contribution < 1.29 is 19.1 Å². The van der Waals surface area contributed by atoms with Crippen molar-refractivity contribution in [2.45, 2.75) is 44.5 Å². The number of thioether (sulfide) groups is 1. The Labute approximate surface area is 145 Å². The SMILES string of the molecule is Cc1ccc(C(=O)COC(=O)[C@@H]2CS[C@]3(C)CCC(=O)N23)c(C)c1. The van der Waals surface area contributed by atoms with Crippen molar-refractivity contribution in [1.29, 1.82) is 0 Å². The van der Waals surface area contributed by atoms with Gasteiger partial charge in [-0.05, 0) is 32.8 Å². The van der Waals surface area contributed by atoms with Crippen LogP contribution in [0.1, 0.15) is 41.3 Å². The number of ketones is 1. The molecule has 2 atom stereocenters. The van der Waals surface area contributed by atoms with Crippen LogP contribution in [0.25, 0.3) is 0 Å². The average molecular weight is 347 g/mol. The quantitative estimate of drug-likeness (QED) is 0.618. The summed E-state index contributed by atoms with van der Waals surface area (Å²) in [5, 5.41) is 0. The van der Waals surface area contributed by atoms with Gasteiger partial charge in [0.15, 0.2) is 6.61 Å². The number of Topliss-reactive ketones (excluding diaryl/α,β-unsaturated/α-hetero) is 1. The predicted molar refractivity (Wildman–Crippen MR) is 91.9 cm³/mol. The number of esters is 1. The summed E-state index contributed by atoms with van der Waals surface area (Å²) in [7, 11) is 0. The molecule has 1 aromatic carbocycles. The van der Waals surface area contributed by atoms with Gasteiger partial charge in [0.05, 0.1) is 4.87 Å². The van der Waals surface area contributed by atoms with Crippen LogP contribution in [0, 0.1) is 13.8 Å². The number of ether oxygens (including phenoxy) is 1. The van der Waals surface area contributed by atoms with Crippen LogP contribution in [0.2, 0.25) is 0 Å². The third kappa shape index (κ3) is 2.95. The van der Waals surface area contributed by atoms with Crippen LogP contribution in [0.3, 0.4) is 0 Å². The zero-order valence-electron chi connectivity index (χ0n) is 14.1. The number of rotatable bonds is 4. The number of amides is 1. The van der Waals surface area contributed by atoms with E-state index in [1.807, 2.05) is 32.9 Å². The number of carbonyl (C=O) groups is 3. The molecule has 2 fully saturated rings. The molecule has 3 rings (SSSR count). The maximum absolute atomic E-state index is 12.4. The van der Waals surface area contributed by atoms with E-state index >= 15 is 0 Å². The van der Waals surface area contributed by atoms with E-state index in [1.165, 1.54) is 0 Å². The molecule has 1 aromatic rings. The van der Waals surface area contributed by atoms with Crippen molar-refractivity contribution >= 4 is 29.4 Å². The zero-order valence-corrected chi connectivity index (χ0v) is 14.9. The molecule has 2 saturated heterocycles. The lowest BCUT2D eigenvalue weighted by Crippen LogP contribution is -2.46. The van der Waals surface area contributed by atoms with Gasteiger partial charge in [-0.2, -0.15) is 0 Å². The second-order valence-electron chi connectivity index (χ2n) is 6.61. The van der Waals surface area contributed by atoms with Crippen molar-refractivity contribution in [3.63, 3.8) is 0 Å². The number of hydrogen-bond donors (Lipinski definition) is 0. The van der Waals surface area contributed by atoms with Crippen LogP contribution in [-0.4, -0.2) is 45.8 Å². The van der Waals surface area contributed by atoms with E-state index in [0.717, 1.165) is 17.5 Å². The Morgan fingerprint density at radius 3 is 2.83 bits per heavy atom. The first-order valence-corrected chi connectivity index (χ1v) is 9.03. The fourth-order valence-electron chi connectivity index (χ4n) is 3.43. The van der Waals surface area contributed by atoms with Crippen molar-refractivity contribution in [2.75, 3.05) is 12.4 Å². The molecular weight excluding hydrogens is 326 g/mol. The fourth-order valence-corrected chi connectivity index (χ4v) is 4.85. The first kappa shape index (κ1) is 17.0. The Hall–Kier alpha value is -1.82. The maximum Gasteiger partial charge on any atom is 0.330 e. The molecule has 5 nitrogen and oxygen atoms in total. The zero-order chi connectivity index (χ0) is 17.5. The van der Waals surface area contributed by atoms with E-state index in [0.29, 0.717) is 17.7 Å². The minimum atomic E-state index is -0.582. The van der Waals surface area contributed by atoms with Crippen LogP contribution in [0.4, 0.5) is 0 Å². The van der Waals surface area contributed by atoms with Crippen molar-refractivity contribution in [3.8, 4) is 0 Å². The van der Waals surface area contributed by atoms with Gasteiger partial charge in [0.25, 0.3) is 0 Å². The molecule has 1 amide bonds. The molecule has 128 valence electrons. The first-order chi connectivity index (χ1) is 11.3. The van der Waals surface area contributed by atoms with Crippen LogP contribution >= 0.6 is 11.8 Å². The molecule has 2 heterocycles. The Bertz CT molecular complexity index is 717. The van der Waals surface area contributed by atoms with Gasteiger partial charge in [-0.25, -0.2) is 4.79 Å². The molecule has 6 heteroatoms.